The molecule has 5 heteroatoms. The van der Waals surface area contributed by atoms with E-state index in [2.05, 4.69) is 15.5 Å². The van der Waals surface area contributed by atoms with Gasteiger partial charge in [-0.1, -0.05) is 18.2 Å². The van der Waals surface area contributed by atoms with Gasteiger partial charge < -0.3 is 15.5 Å². The maximum absolute atomic E-state index is 9.24. The molecule has 16 heavy (non-hydrogen) atoms. The van der Waals surface area contributed by atoms with Crippen molar-refractivity contribution >= 4 is 16.6 Å². The molecule has 1 aromatic carbocycles. The second kappa shape index (κ2) is 4.87. The second-order valence-corrected chi connectivity index (χ2v) is 3.49. The van der Waals surface area contributed by atoms with Crippen molar-refractivity contribution in [3.05, 3.63) is 30.5 Å². The van der Waals surface area contributed by atoms with E-state index in [9.17, 15) is 5.11 Å². The standard InChI is InChI=1S/C11H13N3O2/c15-7-8(16)5-12-11-6-13-14-10-4-2-1-3-9(10)11/h1-4,6,8,15-16H,5,7H2,(H,12,14). The zero-order valence-electron chi connectivity index (χ0n) is 8.67. The van der Waals surface area contributed by atoms with Crippen LogP contribution < -0.4 is 5.32 Å². The SMILES string of the molecule is OCC(O)CNc1cnnc2ccccc12. The molecular formula is C11H13N3O2. The van der Waals surface area contributed by atoms with Crippen molar-refractivity contribution in [3.8, 4) is 0 Å². The van der Waals surface area contributed by atoms with Crippen LogP contribution in [0.4, 0.5) is 5.69 Å². The van der Waals surface area contributed by atoms with E-state index < -0.39 is 6.10 Å². The van der Waals surface area contributed by atoms with Gasteiger partial charge in [-0.3, -0.25) is 0 Å². The number of aliphatic hydroxyl groups excluding tert-OH is 2. The highest BCUT2D eigenvalue weighted by atomic mass is 16.3. The van der Waals surface area contributed by atoms with Gasteiger partial charge in [-0.2, -0.15) is 10.2 Å². The third kappa shape index (κ3) is 2.26. The quantitative estimate of drug-likeness (QED) is 0.693. The van der Waals surface area contributed by atoms with Gasteiger partial charge in [0, 0.05) is 11.9 Å². The largest absolute Gasteiger partial charge is 0.394 e. The Labute approximate surface area is 92.8 Å². The highest BCUT2D eigenvalue weighted by molar-refractivity contribution is 5.90. The first-order chi connectivity index (χ1) is 7.81. The fourth-order valence-electron chi connectivity index (χ4n) is 1.44. The highest BCUT2D eigenvalue weighted by Crippen LogP contribution is 2.19. The van der Waals surface area contributed by atoms with Crippen molar-refractivity contribution in [2.75, 3.05) is 18.5 Å². The molecule has 0 amide bonds. The number of anilines is 1. The van der Waals surface area contributed by atoms with Crippen molar-refractivity contribution in [3.63, 3.8) is 0 Å². The Morgan fingerprint density at radius 1 is 1.31 bits per heavy atom. The lowest BCUT2D eigenvalue weighted by Crippen LogP contribution is -2.23. The summed E-state index contributed by atoms with van der Waals surface area (Å²) < 4.78 is 0. The molecule has 0 aliphatic heterocycles. The zero-order valence-corrected chi connectivity index (χ0v) is 8.67. The van der Waals surface area contributed by atoms with Crippen molar-refractivity contribution in [2.24, 2.45) is 0 Å². The number of nitrogens with one attached hydrogen (secondary N) is 1. The van der Waals surface area contributed by atoms with Gasteiger partial charge in [0.25, 0.3) is 0 Å². The molecule has 5 nitrogen and oxygen atoms in total. The Bertz CT molecular complexity index is 470. The van der Waals surface area contributed by atoms with Crippen LogP contribution in [0.15, 0.2) is 30.5 Å². The lowest BCUT2D eigenvalue weighted by atomic mass is 10.2. The second-order valence-electron chi connectivity index (χ2n) is 3.49. The number of nitrogens with zero attached hydrogens (tertiary/aromatic N) is 2. The summed E-state index contributed by atoms with van der Waals surface area (Å²) >= 11 is 0. The van der Waals surface area contributed by atoms with Crippen LogP contribution in [0.5, 0.6) is 0 Å². The van der Waals surface area contributed by atoms with Crippen LogP contribution in [0.3, 0.4) is 0 Å². The van der Waals surface area contributed by atoms with Gasteiger partial charge in [0.1, 0.15) is 0 Å². The smallest absolute Gasteiger partial charge is 0.0950 e. The van der Waals surface area contributed by atoms with Crippen LogP contribution in [0.2, 0.25) is 0 Å². The van der Waals surface area contributed by atoms with Crippen LogP contribution in [0.1, 0.15) is 0 Å². The van der Waals surface area contributed by atoms with E-state index in [0.717, 1.165) is 16.6 Å². The predicted molar refractivity (Wildman–Crippen MR) is 61.1 cm³/mol. The Balaban J connectivity index is 2.23. The number of hydrogen-bond donors (Lipinski definition) is 3. The average Bonchev–Trinajstić information content (AvgIpc) is 2.35. The Hall–Kier alpha value is -1.72. The van der Waals surface area contributed by atoms with E-state index in [1.807, 2.05) is 24.3 Å². The molecule has 1 atom stereocenters. The van der Waals surface area contributed by atoms with E-state index in [1.165, 1.54) is 0 Å². The minimum Gasteiger partial charge on any atom is -0.394 e. The highest BCUT2D eigenvalue weighted by Gasteiger charge is 2.04. The van der Waals surface area contributed by atoms with Gasteiger partial charge in [-0.05, 0) is 6.07 Å². The Kier molecular flexibility index (Phi) is 3.28. The number of aliphatic hydroxyl groups is 2. The van der Waals surface area contributed by atoms with Crippen LogP contribution in [-0.4, -0.2) is 39.7 Å². The number of hydrogen-bond acceptors (Lipinski definition) is 5. The predicted octanol–water partition coefficient (Wildman–Crippen LogP) is 0.395. The molecule has 1 unspecified atom stereocenters. The summed E-state index contributed by atoms with van der Waals surface area (Å²) in [5.41, 5.74) is 1.60. The first-order valence-electron chi connectivity index (χ1n) is 5.04. The van der Waals surface area contributed by atoms with E-state index in [0.29, 0.717) is 0 Å². The van der Waals surface area contributed by atoms with Crippen molar-refractivity contribution < 1.29 is 10.2 Å². The average molecular weight is 219 g/mol. The van der Waals surface area contributed by atoms with E-state index in [-0.39, 0.29) is 13.2 Å². The summed E-state index contributed by atoms with van der Waals surface area (Å²) in [6, 6.07) is 7.61. The molecule has 2 rings (SSSR count). The molecule has 0 bridgehead atoms. The number of aromatic nitrogens is 2. The summed E-state index contributed by atoms with van der Waals surface area (Å²) in [5, 5.41) is 29.8. The lowest BCUT2D eigenvalue weighted by Gasteiger charge is -2.11. The number of benzene rings is 1. The number of fused-ring (bicyclic) bond motifs is 1. The van der Waals surface area contributed by atoms with Crippen LogP contribution in [0.25, 0.3) is 10.9 Å². The van der Waals surface area contributed by atoms with E-state index in [4.69, 9.17) is 5.11 Å². The molecule has 0 saturated heterocycles. The molecule has 0 aliphatic carbocycles. The number of rotatable bonds is 4. The van der Waals surface area contributed by atoms with Gasteiger partial charge in [0.15, 0.2) is 0 Å². The van der Waals surface area contributed by atoms with Crippen LogP contribution in [-0.2, 0) is 0 Å². The third-order valence-electron chi connectivity index (χ3n) is 2.29. The van der Waals surface area contributed by atoms with Gasteiger partial charge in [-0.15, -0.1) is 0 Å². The van der Waals surface area contributed by atoms with Crippen LogP contribution in [0, 0.1) is 0 Å². The molecule has 0 aliphatic rings. The van der Waals surface area contributed by atoms with Gasteiger partial charge in [0.2, 0.25) is 0 Å². The molecule has 84 valence electrons. The maximum Gasteiger partial charge on any atom is 0.0950 e. The Morgan fingerprint density at radius 3 is 2.94 bits per heavy atom. The van der Waals surface area contributed by atoms with Crippen LogP contribution >= 0.6 is 0 Å². The normalized spacial score (nSPS) is 12.6. The molecule has 0 spiro atoms. The molecule has 2 aromatic rings. The minimum absolute atomic E-state index is 0.260. The third-order valence-corrected chi connectivity index (χ3v) is 2.29. The first-order valence-corrected chi connectivity index (χ1v) is 5.04. The summed E-state index contributed by atoms with van der Waals surface area (Å²) in [7, 11) is 0. The van der Waals surface area contributed by atoms with Crippen molar-refractivity contribution in [1.29, 1.82) is 0 Å². The summed E-state index contributed by atoms with van der Waals surface area (Å²) in [4.78, 5) is 0. The Morgan fingerprint density at radius 2 is 2.12 bits per heavy atom. The first kappa shape index (κ1) is 10.8. The summed E-state index contributed by atoms with van der Waals surface area (Å²) in [5.74, 6) is 0. The molecule has 1 heterocycles. The van der Waals surface area contributed by atoms with Crippen molar-refractivity contribution in [1.82, 2.24) is 10.2 Å². The summed E-state index contributed by atoms with van der Waals surface area (Å²) in [6.45, 7) is 0.0234. The minimum atomic E-state index is -0.771. The van der Waals surface area contributed by atoms with E-state index >= 15 is 0 Å². The maximum atomic E-state index is 9.24. The topological polar surface area (TPSA) is 78.3 Å². The molecule has 3 N–H and O–H groups in total. The molecular weight excluding hydrogens is 206 g/mol. The zero-order chi connectivity index (χ0) is 11.4. The van der Waals surface area contributed by atoms with E-state index in [1.54, 1.807) is 6.20 Å². The fraction of sp³-hybridized carbons (Fsp3) is 0.273. The van der Waals surface area contributed by atoms with Gasteiger partial charge >= 0.3 is 0 Å². The molecule has 0 saturated carbocycles. The fourth-order valence-corrected chi connectivity index (χ4v) is 1.44. The van der Waals surface area contributed by atoms with Gasteiger partial charge in [0.05, 0.1) is 30.1 Å². The van der Waals surface area contributed by atoms with Gasteiger partial charge in [-0.25, -0.2) is 0 Å². The van der Waals surface area contributed by atoms with Crippen molar-refractivity contribution in [2.45, 2.75) is 6.10 Å². The molecule has 0 radical (unpaired) electrons. The molecule has 1 aromatic heterocycles. The lowest BCUT2D eigenvalue weighted by molar-refractivity contribution is 0.105. The molecule has 0 fully saturated rings. The monoisotopic (exact) mass is 219 g/mol. The summed E-state index contributed by atoms with van der Waals surface area (Å²) in [6.07, 6.45) is 0.832.